The Hall–Kier alpha value is -0.510. The van der Waals surface area contributed by atoms with E-state index in [-0.39, 0.29) is 0 Å². The van der Waals surface area contributed by atoms with Crippen molar-refractivity contribution >= 4 is 11.8 Å². The van der Waals surface area contributed by atoms with Crippen molar-refractivity contribution in [3.05, 3.63) is 29.8 Å². The van der Waals surface area contributed by atoms with Crippen molar-refractivity contribution in [2.45, 2.75) is 50.2 Å². The summed E-state index contributed by atoms with van der Waals surface area (Å²) in [5, 5.41) is 3.52. The van der Waals surface area contributed by atoms with Crippen LogP contribution in [0.2, 0.25) is 0 Å². The quantitative estimate of drug-likeness (QED) is 0.762. The lowest BCUT2D eigenvalue weighted by molar-refractivity contribution is 0.129. The van der Waals surface area contributed by atoms with Crippen LogP contribution < -0.4 is 5.32 Å². The first kappa shape index (κ1) is 14.9. The molecule has 1 saturated heterocycles. The molecule has 2 nitrogen and oxygen atoms in total. The molecule has 19 heavy (non-hydrogen) atoms. The number of ether oxygens (including phenoxy) is 1. The summed E-state index contributed by atoms with van der Waals surface area (Å²) in [6.45, 7) is 6.45. The first-order valence-electron chi connectivity index (χ1n) is 7.37. The van der Waals surface area contributed by atoms with Gasteiger partial charge in [0.2, 0.25) is 0 Å². The van der Waals surface area contributed by atoms with Crippen LogP contribution >= 0.6 is 11.8 Å². The first-order valence-corrected chi connectivity index (χ1v) is 8.36. The molecule has 2 unspecified atom stereocenters. The highest BCUT2D eigenvalue weighted by molar-refractivity contribution is 7.99. The molecule has 0 aromatic heterocycles. The van der Waals surface area contributed by atoms with E-state index in [1.807, 2.05) is 11.8 Å². The Morgan fingerprint density at radius 2 is 2.16 bits per heavy atom. The van der Waals surface area contributed by atoms with Crippen LogP contribution in [0.4, 0.5) is 0 Å². The molecular formula is C16H25NOS. The van der Waals surface area contributed by atoms with Crippen molar-refractivity contribution in [3.8, 4) is 0 Å². The molecule has 1 N–H and O–H groups in total. The van der Waals surface area contributed by atoms with Crippen molar-refractivity contribution in [2.24, 2.45) is 0 Å². The highest BCUT2D eigenvalue weighted by Crippen LogP contribution is 2.25. The molecule has 1 aromatic carbocycles. The second-order valence-electron chi connectivity index (χ2n) is 5.19. The number of thioether (sulfide) groups is 1. The van der Waals surface area contributed by atoms with Crippen LogP contribution in [0.5, 0.6) is 0 Å². The molecule has 1 heterocycles. The number of hydrogen-bond donors (Lipinski definition) is 1. The standard InChI is InChI=1S/C16H25NOS/c1-3-10-17-13(2)14-6-8-16(9-7-14)19-12-15-5-4-11-18-15/h6-9,13,15,17H,3-5,10-12H2,1-2H3. The smallest absolute Gasteiger partial charge is 0.0669 e. The molecule has 1 fully saturated rings. The number of hydrogen-bond acceptors (Lipinski definition) is 3. The Bertz CT molecular complexity index is 360. The minimum atomic E-state index is 0.442. The largest absolute Gasteiger partial charge is 0.377 e. The maximum Gasteiger partial charge on any atom is 0.0669 e. The van der Waals surface area contributed by atoms with E-state index in [4.69, 9.17) is 4.74 Å². The normalized spacial score (nSPS) is 20.6. The summed E-state index contributed by atoms with van der Waals surface area (Å²) in [6.07, 6.45) is 4.10. The van der Waals surface area contributed by atoms with Gasteiger partial charge in [-0.3, -0.25) is 0 Å². The average molecular weight is 279 g/mol. The molecule has 0 radical (unpaired) electrons. The van der Waals surface area contributed by atoms with Crippen molar-refractivity contribution in [1.82, 2.24) is 5.32 Å². The topological polar surface area (TPSA) is 21.3 Å². The summed E-state index contributed by atoms with van der Waals surface area (Å²) < 4.78 is 5.65. The molecular weight excluding hydrogens is 254 g/mol. The van der Waals surface area contributed by atoms with Gasteiger partial charge in [-0.15, -0.1) is 11.8 Å². The summed E-state index contributed by atoms with van der Waals surface area (Å²) in [7, 11) is 0. The lowest BCUT2D eigenvalue weighted by atomic mass is 10.1. The molecule has 2 rings (SSSR count). The lowest BCUT2D eigenvalue weighted by Gasteiger charge is -2.14. The molecule has 0 saturated carbocycles. The van der Waals surface area contributed by atoms with Gasteiger partial charge in [0.25, 0.3) is 0 Å². The van der Waals surface area contributed by atoms with Crippen LogP contribution in [0.1, 0.15) is 44.7 Å². The highest BCUT2D eigenvalue weighted by Gasteiger charge is 2.15. The zero-order valence-electron chi connectivity index (χ0n) is 12.0. The Labute approximate surface area is 121 Å². The lowest BCUT2D eigenvalue weighted by Crippen LogP contribution is -2.19. The molecule has 1 aliphatic rings. The van der Waals surface area contributed by atoms with Crippen molar-refractivity contribution < 1.29 is 4.74 Å². The van der Waals surface area contributed by atoms with E-state index >= 15 is 0 Å². The summed E-state index contributed by atoms with van der Waals surface area (Å²) in [4.78, 5) is 1.35. The summed E-state index contributed by atoms with van der Waals surface area (Å²) in [5.41, 5.74) is 1.37. The summed E-state index contributed by atoms with van der Waals surface area (Å²) in [5.74, 6) is 1.09. The SMILES string of the molecule is CCCNC(C)c1ccc(SCC2CCCO2)cc1. The average Bonchev–Trinajstić information content (AvgIpc) is 2.96. The Kier molecular flexibility index (Phi) is 6.21. The fourth-order valence-electron chi connectivity index (χ4n) is 2.30. The van der Waals surface area contributed by atoms with Gasteiger partial charge in [0.15, 0.2) is 0 Å². The molecule has 0 aliphatic carbocycles. The Balaban J connectivity index is 1.80. The second-order valence-corrected chi connectivity index (χ2v) is 6.28. The molecule has 2 atom stereocenters. The van der Waals surface area contributed by atoms with Crippen molar-refractivity contribution in [3.63, 3.8) is 0 Å². The third-order valence-corrected chi connectivity index (χ3v) is 4.68. The van der Waals surface area contributed by atoms with Gasteiger partial charge in [-0.2, -0.15) is 0 Å². The predicted molar refractivity (Wildman–Crippen MR) is 82.8 cm³/mol. The van der Waals surface area contributed by atoms with E-state index in [2.05, 4.69) is 43.4 Å². The van der Waals surface area contributed by atoms with Gasteiger partial charge in [0.05, 0.1) is 6.10 Å². The zero-order valence-corrected chi connectivity index (χ0v) is 12.8. The van der Waals surface area contributed by atoms with Gasteiger partial charge in [-0.05, 0) is 50.4 Å². The van der Waals surface area contributed by atoms with Crippen LogP contribution in [0.25, 0.3) is 0 Å². The van der Waals surface area contributed by atoms with Crippen molar-refractivity contribution in [2.75, 3.05) is 18.9 Å². The van der Waals surface area contributed by atoms with Gasteiger partial charge in [0.1, 0.15) is 0 Å². The minimum Gasteiger partial charge on any atom is -0.377 e. The number of nitrogens with one attached hydrogen (secondary N) is 1. The predicted octanol–water partition coefficient (Wildman–Crippen LogP) is 4.02. The minimum absolute atomic E-state index is 0.442. The Morgan fingerprint density at radius 1 is 1.37 bits per heavy atom. The molecule has 0 spiro atoms. The number of rotatable bonds is 7. The van der Waals surface area contributed by atoms with Crippen LogP contribution in [-0.4, -0.2) is 25.0 Å². The van der Waals surface area contributed by atoms with E-state index < -0.39 is 0 Å². The van der Waals surface area contributed by atoms with Gasteiger partial charge in [0, 0.05) is 23.3 Å². The molecule has 1 aliphatic heterocycles. The van der Waals surface area contributed by atoms with Crippen LogP contribution in [0.15, 0.2) is 29.2 Å². The third-order valence-electron chi connectivity index (χ3n) is 3.54. The maximum atomic E-state index is 5.65. The highest BCUT2D eigenvalue weighted by atomic mass is 32.2. The van der Waals surface area contributed by atoms with Crippen LogP contribution in [0, 0.1) is 0 Å². The zero-order chi connectivity index (χ0) is 13.5. The number of benzene rings is 1. The molecule has 1 aromatic rings. The van der Waals surface area contributed by atoms with Gasteiger partial charge < -0.3 is 10.1 Å². The maximum absolute atomic E-state index is 5.65. The van der Waals surface area contributed by atoms with E-state index in [1.54, 1.807) is 0 Å². The van der Waals surface area contributed by atoms with Gasteiger partial charge >= 0.3 is 0 Å². The first-order chi connectivity index (χ1) is 9.29. The second kappa shape index (κ2) is 7.93. The molecule has 0 bridgehead atoms. The molecule has 106 valence electrons. The van der Waals surface area contributed by atoms with Crippen LogP contribution in [0.3, 0.4) is 0 Å². The van der Waals surface area contributed by atoms with Crippen LogP contribution in [-0.2, 0) is 4.74 Å². The Morgan fingerprint density at radius 3 is 2.79 bits per heavy atom. The van der Waals surface area contributed by atoms with Crippen molar-refractivity contribution in [1.29, 1.82) is 0 Å². The van der Waals surface area contributed by atoms with E-state index in [0.717, 1.165) is 18.9 Å². The van der Waals surface area contributed by atoms with E-state index in [1.165, 1.54) is 29.7 Å². The van der Waals surface area contributed by atoms with Gasteiger partial charge in [-0.1, -0.05) is 19.1 Å². The van der Waals surface area contributed by atoms with E-state index in [0.29, 0.717) is 12.1 Å². The molecule has 3 heteroatoms. The molecule has 0 amide bonds. The third kappa shape index (κ3) is 4.83. The summed E-state index contributed by atoms with van der Waals surface area (Å²) in [6, 6.07) is 9.39. The monoisotopic (exact) mass is 279 g/mol. The van der Waals surface area contributed by atoms with Gasteiger partial charge in [-0.25, -0.2) is 0 Å². The fraction of sp³-hybridized carbons (Fsp3) is 0.625. The van der Waals surface area contributed by atoms with E-state index in [9.17, 15) is 0 Å². The summed E-state index contributed by atoms with van der Waals surface area (Å²) >= 11 is 1.91. The fourth-order valence-corrected chi connectivity index (χ4v) is 3.27.